The van der Waals surface area contributed by atoms with Crippen LogP contribution in [0, 0.1) is 6.92 Å². The van der Waals surface area contributed by atoms with Gasteiger partial charge in [-0.05, 0) is 49.2 Å². The van der Waals surface area contributed by atoms with Crippen LogP contribution in [0.15, 0.2) is 71.5 Å². The number of fused-ring (bicyclic) bond motifs is 1. The van der Waals surface area contributed by atoms with Crippen molar-refractivity contribution in [1.29, 1.82) is 0 Å². The Labute approximate surface area is 207 Å². The molecule has 35 heavy (non-hydrogen) atoms. The highest BCUT2D eigenvalue weighted by atomic mass is 35.5. The molecule has 4 aromatic rings. The second-order valence-electron chi connectivity index (χ2n) is 8.18. The molecule has 8 heteroatoms. The zero-order valence-corrected chi connectivity index (χ0v) is 20.4. The summed E-state index contributed by atoms with van der Waals surface area (Å²) in [6, 6.07) is 18.6. The topological polar surface area (TPSA) is 93.1 Å². The minimum absolute atomic E-state index is 0.151. The molecule has 2 amide bonds. The average molecular weight is 489 g/mol. The fraction of sp³-hybridized carbons (Fsp3) is 0.185. The van der Waals surface area contributed by atoms with E-state index in [-0.39, 0.29) is 17.5 Å². The van der Waals surface area contributed by atoms with Crippen LogP contribution in [-0.4, -0.2) is 21.4 Å². The number of benzene rings is 3. The third kappa shape index (κ3) is 4.81. The molecule has 4 rings (SSSR count). The summed E-state index contributed by atoms with van der Waals surface area (Å²) in [6.45, 7) is 5.07. The largest absolute Gasteiger partial charge is 0.326 e. The fourth-order valence-corrected chi connectivity index (χ4v) is 4.25. The average Bonchev–Trinajstić information content (AvgIpc) is 2.83. The lowest BCUT2D eigenvalue weighted by atomic mass is 10.1. The van der Waals surface area contributed by atoms with E-state index >= 15 is 0 Å². The molecule has 178 valence electrons. The third-order valence-corrected chi connectivity index (χ3v) is 6.22. The van der Waals surface area contributed by atoms with Crippen molar-refractivity contribution >= 4 is 45.8 Å². The highest BCUT2D eigenvalue weighted by Crippen LogP contribution is 2.28. The Morgan fingerprint density at radius 1 is 0.971 bits per heavy atom. The predicted molar refractivity (Wildman–Crippen MR) is 140 cm³/mol. The van der Waals surface area contributed by atoms with Crippen molar-refractivity contribution < 1.29 is 9.59 Å². The first-order valence-electron chi connectivity index (χ1n) is 11.3. The lowest BCUT2D eigenvalue weighted by Gasteiger charge is -2.22. The number of anilines is 2. The summed E-state index contributed by atoms with van der Waals surface area (Å²) in [5, 5.41) is 6.23. The van der Waals surface area contributed by atoms with Gasteiger partial charge in [-0.3, -0.25) is 19.0 Å². The van der Waals surface area contributed by atoms with Gasteiger partial charge in [-0.15, -0.1) is 0 Å². The fourth-order valence-electron chi connectivity index (χ4n) is 4.07. The number of rotatable bonds is 6. The molecule has 0 aliphatic rings. The van der Waals surface area contributed by atoms with Gasteiger partial charge in [-0.25, -0.2) is 4.98 Å². The minimum Gasteiger partial charge on any atom is -0.326 e. The SMILES string of the molecule is CCC(C(=O)Nc1cccc(Cl)c1C)n1c(=O)c(-c2ccccc2NC(C)=O)nc2ccccc21. The molecule has 0 radical (unpaired) electrons. The summed E-state index contributed by atoms with van der Waals surface area (Å²) in [7, 11) is 0. The Morgan fingerprint density at radius 3 is 2.40 bits per heavy atom. The summed E-state index contributed by atoms with van der Waals surface area (Å²) in [4.78, 5) is 43.7. The van der Waals surface area contributed by atoms with E-state index in [2.05, 4.69) is 15.6 Å². The number of amides is 2. The Kier molecular flexibility index (Phi) is 6.98. The minimum atomic E-state index is -0.805. The van der Waals surface area contributed by atoms with Crippen molar-refractivity contribution in [2.24, 2.45) is 0 Å². The molecule has 0 saturated heterocycles. The van der Waals surface area contributed by atoms with Gasteiger partial charge in [0.25, 0.3) is 5.56 Å². The van der Waals surface area contributed by atoms with Crippen LogP contribution >= 0.6 is 11.6 Å². The maximum atomic E-state index is 13.9. The van der Waals surface area contributed by atoms with Gasteiger partial charge in [-0.2, -0.15) is 0 Å². The number of carbonyl (C=O) groups is 2. The number of para-hydroxylation sites is 3. The van der Waals surface area contributed by atoms with Crippen LogP contribution in [0.25, 0.3) is 22.3 Å². The smallest absolute Gasteiger partial charge is 0.278 e. The van der Waals surface area contributed by atoms with E-state index < -0.39 is 11.6 Å². The molecule has 0 saturated carbocycles. The molecule has 0 aliphatic carbocycles. The first-order chi connectivity index (χ1) is 16.8. The van der Waals surface area contributed by atoms with E-state index in [1.165, 1.54) is 11.5 Å². The second kappa shape index (κ2) is 10.1. The first kappa shape index (κ1) is 24.2. The molecule has 0 aliphatic heterocycles. The van der Waals surface area contributed by atoms with Gasteiger partial charge >= 0.3 is 0 Å². The molecule has 7 nitrogen and oxygen atoms in total. The van der Waals surface area contributed by atoms with Gasteiger partial charge in [0.2, 0.25) is 11.8 Å². The summed E-state index contributed by atoms with van der Waals surface area (Å²) >= 11 is 6.23. The molecule has 1 aromatic heterocycles. The molecular formula is C27H25ClN4O3. The van der Waals surface area contributed by atoms with Crippen LogP contribution in [0.1, 0.15) is 31.9 Å². The number of hydrogen-bond donors (Lipinski definition) is 2. The van der Waals surface area contributed by atoms with Gasteiger partial charge in [-0.1, -0.05) is 54.9 Å². The van der Waals surface area contributed by atoms with E-state index in [1.54, 1.807) is 60.7 Å². The lowest BCUT2D eigenvalue weighted by Crippen LogP contribution is -2.34. The van der Waals surface area contributed by atoms with Crippen LogP contribution in [0.3, 0.4) is 0 Å². The molecule has 1 heterocycles. The summed E-state index contributed by atoms with van der Waals surface area (Å²) in [5.41, 5.74) is 3.11. The van der Waals surface area contributed by atoms with Crippen molar-refractivity contribution in [3.05, 3.63) is 87.7 Å². The molecule has 0 spiro atoms. The maximum Gasteiger partial charge on any atom is 0.278 e. The zero-order valence-electron chi connectivity index (χ0n) is 19.6. The van der Waals surface area contributed by atoms with Gasteiger partial charge in [0.15, 0.2) is 0 Å². The van der Waals surface area contributed by atoms with Crippen LogP contribution in [0.4, 0.5) is 11.4 Å². The van der Waals surface area contributed by atoms with Crippen LogP contribution in [0.2, 0.25) is 5.02 Å². The zero-order chi connectivity index (χ0) is 25.1. The van der Waals surface area contributed by atoms with Gasteiger partial charge in [0.05, 0.1) is 16.7 Å². The Bertz CT molecular complexity index is 1500. The predicted octanol–water partition coefficient (Wildman–Crippen LogP) is 5.57. The van der Waals surface area contributed by atoms with E-state index in [9.17, 15) is 14.4 Å². The highest BCUT2D eigenvalue weighted by Gasteiger charge is 2.25. The number of carbonyl (C=O) groups excluding carboxylic acids is 2. The number of hydrogen-bond acceptors (Lipinski definition) is 4. The van der Waals surface area contributed by atoms with Crippen molar-refractivity contribution in [3.8, 4) is 11.3 Å². The molecule has 2 N–H and O–H groups in total. The van der Waals surface area contributed by atoms with Crippen LogP contribution in [-0.2, 0) is 9.59 Å². The van der Waals surface area contributed by atoms with Gasteiger partial charge in [0, 0.05) is 23.2 Å². The van der Waals surface area contributed by atoms with Crippen molar-refractivity contribution in [1.82, 2.24) is 9.55 Å². The summed E-state index contributed by atoms with van der Waals surface area (Å²) < 4.78 is 1.48. The van der Waals surface area contributed by atoms with E-state index in [4.69, 9.17) is 11.6 Å². The second-order valence-corrected chi connectivity index (χ2v) is 8.58. The van der Waals surface area contributed by atoms with Crippen molar-refractivity contribution in [2.75, 3.05) is 10.6 Å². The monoisotopic (exact) mass is 488 g/mol. The number of nitrogens with one attached hydrogen (secondary N) is 2. The summed E-state index contributed by atoms with van der Waals surface area (Å²) in [6.07, 6.45) is 0.367. The molecular weight excluding hydrogens is 464 g/mol. The molecule has 3 aromatic carbocycles. The molecule has 1 unspecified atom stereocenters. The third-order valence-electron chi connectivity index (χ3n) is 5.81. The molecule has 0 fully saturated rings. The normalized spacial score (nSPS) is 11.8. The molecule has 0 bridgehead atoms. The number of halogens is 1. The van der Waals surface area contributed by atoms with Crippen molar-refractivity contribution in [3.63, 3.8) is 0 Å². The first-order valence-corrected chi connectivity index (χ1v) is 11.6. The van der Waals surface area contributed by atoms with E-state index in [1.807, 2.05) is 19.9 Å². The highest BCUT2D eigenvalue weighted by molar-refractivity contribution is 6.31. The Morgan fingerprint density at radius 2 is 1.66 bits per heavy atom. The van der Waals surface area contributed by atoms with Gasteiger partial charge < -0.3 is 10.6 Å². The quantitative estimate of drug-likeness (QED) is 0.371. The van der Waals surface area contributed by atoms with E-state index in [0.29, 0.717) is 39.4 Å². The summed E-state index contributed by atoms with van der Waals surface area (Å²) in [5.74, 6) is -0.598. The van der Waals surface area contributed by atoms with Crippen LogP contribution in [0.5, 0.6) is 0 Å². The standard InChI is InChI=1S/C27H25ClN4O3/c1-4-23(26(34)31-20-14-9-11-19(28)16(20)2)32-24-15-8-7-13-22(24)30-25(27(32)35)18-10-5-6-12-21(18)29-17(3)33/h5-15,23H,4H2,1-3H3,(H,29,33)(H,31,34). The lowest BCUT2D eigenvalue weighted by molar-refractivity contribution is -0.119. The maximum absolute atomic E-state index is 13.9. The number of nitrogens with zero attached hydrogens (tertiary/aromatic N) is 2. The van der Waals surface area contributed by atoms with E-state index in [0.717, 1.165) is 5.56 Å². The van der Waals surface area contributed by atoms with Crippen LogP contribution < -0.4 is 16.2 Å². The molecule has 1 atom stereocenters. The van der Waals surface area contributed by atoms with Gasteiger partial charge in [0.1, 0.15) is 11.7 Å². The Hall–Kier alpha value is -3.97. The van der Waals surface area contributed by atoms with Crippen molar-refractivity contribution in [2.45, 2.75) is 33.2 Å². The number of aromatic nitrogens is 2. The Balaban J connectivity index is 1.89.